The summed E-state index contributed by atoms with van der Waals surface area (Å²) < 4.78 is 2.15. The highest BCUT2D eigenvalue weighted by atomic mass is 35.5. The van der Waals surface area contributed by atoms with Gasteiger partial charge in [-0.2, -0.15) is 0 Å². The van der Waals surface area contributed by atoms with E-state index in [0.717, 1.165) is 23.8 Å². The van der Waals surface area contributed by atoms with E-state index in [1.54, 1.807) is 12.1 Å². The Bertz CT molecular complexity index is 972. The zero-order chi connectivity index (χ0) is 19.5. The van der Waals surface area contributed by atoms with Gasteiger partial charge in [0.05, 0.1) is 11.8 Å². The molecule has 0 bridgehead atoms. The van der Waals surface area contributed by atoms with Crippen LogP contribution in [0.1, 0.15) is 37.1 Å². The summed E-state index contributed by atoms with van der Waals surface area (Å²) in [6.45, 7) is 2.59. The summed E-state index contributed by atoms with van der Waals surface area (Å²) in [4.78, 5) is 12.6. The smallest absolute Gasteiger partial charge is 0.237 e. The number of anilines is 1. The second-order valence-electron chi connectivity index (χ2n) is 6.95. The number of hydrogen-bond acceptors (Lipinski definition) is 4. The molecule has 1 fully saturated rings. The topological polar surface area (TPSA) is 59.8 Å². The van der Waals surface area contributed by atoms with E-state index in [-0.39, 0.29) is 11.2 Å². The molecule has 1 N–H and O–H groups in total. The third-order valence-corrected chi connectivity index (χ3v) is 5.93. The molecule has 1 amide bonds. The highest BCUT2D eigenvalue weighted by molar-refractivity contribution is 8.00. The fourth-order valence-electron chi connectivity index (χ4n) is 2.97. The largest absolute Gasteiger partial charge is 0.325 e. The zero-order valence-electron chi connectivity index (χ0n) is 15.5. The fraction of sp³-hybridized carbons (Fsp3) is 0.286. The van der Waals surface area contributed by atoms with Crippen LogP contribution in [0.5, 0.6) is 0 Å². The maximum atomic E-state index is 12.6. The Hall–Kier alpha value is -2.31. The van der Waals surface area contributed by atoms with Gasteiger partial charge in [0.25, 0.3) is 0 Å². The molecule has 2 aromatic carbocycles. The van der Waals surface area contributed by atoms with E-state index in [2.05, 4.69) is 32.2 Å². The summed E-state index contributed by atoms with van der Waals surface area (Å²) >= 11 is 7.43. The van der Waals surface area contributed by atoms with Gasteiger partial charge in [-0.3, -0.25) is 4.79 Å². The van der Waals surface area contributed by atoms with Crippen molar-refractivity contribution < 1.29 is 4.79 Å². The first-order chi connectivity index (χ1) is 13.6. The minimum absolute atomic E-state index is 0.0884. The number of rotatable bonds is 7. The summed E-state index contributed by atoms with van der Waals surface area (Å²) in [6.07, 6.45) is 2.31. The van der Waals surface area contributed by atoms with Gasteiger partial charge in [0.1, 0.15) is 5.82 Å². The number of carbonyl (C=O) groups excluding carboxylic acids is 1. The molecule has 0 radical (unpaired) electrons. The number of carbonyl (C=O) groups is 1. The van der Waals surface area contributed by atoms with Crippen LogP contribution in [-0.4, -0.2) is 25.9 Å². The van der Waals surface area contributed by atoms with Crippen LogP contribution in [0.3, 0.4) is 0 Å². The quantitative estimate of drug-likeness (QED) is 0.556. The Balaban J connectivity index is 1.50. The molecule has 1 unspecified atom stereocenters. The highest BCUT2D eigenvalue weighted by Gasteiger charge is 2.31. The molecule has 5 nitrogen and oxygen atoms in total. The van der Waals surface area contributed by atoms with Crippen LogP contribution < -0.4 is 5.32 Å². The van der Waals surface area contributed by atoms with Crippen molar-refractivity contribution in [1.82, 2.24) is 14.8 Å². The van der Waals surface area contributed by atoms with Gasteiger partial charge in [0.2, 0.25) is 5.91 Å². The molecule has 1 aliphatic rings. The normalized spacial score (nSPS) is 14.6. The number of nitrogens with zero attached hydrogens (tertiary/aromatic N) is 3. The lowest BCUT2D eigenvalue weighted by molar-refractivity contribution is -0.115. The molecule has 144 valence electrons. The van der Waals surface area contributed by atoms with Crippen molar-refractivity contribution in [1.29, 1.82) is 0 Å². The molecule has 0 aliphatic heterocycles. The molecule has 0 spiro atoms. The lowest BCUT2D eigenvalue weighted by Gasteiger charge is -2.14. The summed E-state index contributed by atoms with van der Waals surface area (Å²) in [5, 5.41) is 12.8. The molecule has 1 atom stereocenters. The van der Waals surface area contributed by atoms with Crippen molar-refractivity contribution in [2.24, 2.45) is 0 Å². The van der Waals surface area contributed by atoms with E-state index in [1.165, 1.54) is 17.3 Å². The first kappa shape index (κ1) is 19.0. The summed E-state index contributed by atoms with van der Waals surface area (Å²) in [5.74, 6) is 1.42. The SMILES string of the molecule is CC(Sc1nnc(C2CC2)n1Cc1ccccc1)C(=O)Nc1cccc(Cl)c1. The van der Waals surface area contributed by atoms with Crippen LogP contribution in [0.25, 0.3) is 0 Å². The molecule has 1 heterocycles. The van der Waals surface area contributed by atoms with Crippen LogP contribution in [0.4, 0.5) is 5.69 Å². The predicted octanol–water partition coefficient (Wildman–Crippen LogP) is 4.98. The second-order valence-corrected chi connectivity index (χ2v) is 8.69. The van der Waals surface area contributed by atoms with Gasteiger partial charge in [0, 0.05) is 16.6 Å². The van der Waals surface area contributed by atoms with Gasteiger partial charge >= 0.3 is 0 Å². The predicted molar refractivity (Wildman–Crippen MR) is 113 cm³/mol. The molecule has 28 heavy (non-hydrogen) atoms. The molecule has 4 rings (SSSR count). The average molecular weight is 413 g/mol. The third-order valence-electron chi connectivity index (χ3n) is 4.62. The van der Waals surface area contributed by atoms with Gasteiger partial charge in [-0.25, -0.2) is 0 Å². The summed E-state index contributed by atoms with van der Waals surface area (Å²) in [5.41, 5.74) is 1.89. The standard InChI is InChI=1S/C21H21ClN4OS/c1-14(20(27)23-18-9-5-8-17(22)12-18)28-21-25-24-19(16-10-11-16)26(21)13-15-6-3-2-4-7-15/h2-9,12,14,16H,10-11,13H2,1H3,(H,23,27). The number of benzene rings is 2. The number of halogens is 1. The summed E-state index contributed by atoms with van der Waals surface area (Å²) in [7, 11) is 0. The van der Waals surface area contributed by atoms with Crippen molar-refractivity contribution in [2.45, 2.75) is 42.6 Å². The lowest BCUT2D eigenvalue weighted by atomic mass is 10.2. The molecular formula is C21H21ClN4OS. The Labute approximate surface area is 173 Å². The maximum Gasteiger partial charge on any atom is 0.237 e. The molecule has 3 aromatic rings. The van der Waals surface area contributed by atoms with Crippen LogP contribution in [0.2, 0.25) is 5.02 Å². The van der Waals surface area contributed by atoms with Crippen molar-refractivity contribution in [3.05, 3.63) is 71.0 Å². The van der Waals surface area contributed by atoms with Gasteiger partial charge in [-0.1, -0.05) is 59.8 Å². The molecule has 0 saturated heterocycles. The number of hydrogen-bond donors (Lipinski definition) is 1. The minimum Gasteiger partial charge on any atom is -0.325 e. The summed E-state index contributed by atoms with van der Waals surface area (Å²) in [6, 6.07) is 17.4. The molecule has 1 saturated carbocycles. The fourth-order valence-corrected chi connectivity index (χ4v) is 4.01. The second kappa shape index (κ2) is 8.37. The average Bonchev–Trinajstić information content (AvgIpc) is 3.46. The first-order valence-electron chi connectivity index (χ1n) is 9.30. The molecule has 1 aliphatic carbocycles. The van der Waals surface area contributed by atoms with Crippen LogP contribution >= 0.6 is 23.4 Å². The van der Waals surface area contributed by atoms with E-state index in [0.29, 0.717) is 23.2 Å². The van der Waals surface area contributed by atoms with Crippen molar-refractivity contribution in [2.75, 3.05) is 5.32 Å². The van der Waals surface area contributed by atoms with E-state index in [9.17, 15) is 4.79 Å². The molecular weight excluding hydrogens is 392 g/mol. The van der Waals surface area contributed by atoms with Crippen molar-refractivity contribution >= 4 is 35.0 Å². The lowest BCUT2D eigenvalue weighted by Crippen LogP contribution is -2.23. The highest BCUT2D eigenvalue weighted by Crippen LogP contribution is 2.40. The van der Waals surface area contributed by atoms with Gasteiger partial charge in [-0.15, -0.1) is 10.2 Å². The Kier molecular flexibility index (Phi) is 5.69. The molecule has 7 heteroatoms. The van der Waals surface area contributed by atoms with Crippen molar-refractivity contribution in [3.8, 4) is 0 Å². The van der Waals surface area contributed by atoms with Crippen LogP contribution in [0.15, 0.2) is 59.8 Å². The monoisotopic (exact) mass is 412 g/mol. The third kappa shape index (κ3) is 4.56. The maximum absolute atomic E-state index is 12.6. The van der Waals surface area contributed by atoms with Gasteiger partial charge < -0.3 is 9.88 Å². The zero-order valence-corrected chi connectivity index (χ0v) is 17.1. The minimum atomic E-state index is -0.315. The molecule has 1 aromatic heterocycles. The van der Waals surface area contributed by atoms with E-state index in [4.69, 9.17) is 11.6 Å². The number of amides is 1. The Morgan fingerprint density at radius 1 is 1.21 bits per heavy atom. The number of aromatic nitrogens is 3. The van der Waals surface area contributed by atoms with Crippen molar-refractivity contribution in [3.63, 3.8) is 0 Å². The first-order valence-corrected chi connectivity index (χ1v) is 10.6. The van der Waals surface area contributed by atoms with E-state index >= 15 is 0 Å². The van der Waals surface area contributed by atoms with Crippen LogP contribution in [-0.2, 0) is 11.3 Å². The van der Waals surface area contributed by atoms with Gasteiger partial charge in [-0.05, 0) is 43.5 Å². The Morgan fingerprint density at radius 3 is 2.71 bits per heavy atom. The van der Waals surface area contributed by atoms with Gasteiger partial charge in [0.15, 0.2) is 5.16 Å². The number of thioether (sulfide) groups is 1. The van der Waals surface area contributed by atoms with E-state index < -0.39 is 0 Å². The Morgan fingerprint density at radius 2 is 2.00 bits per heavy atom. The van der Waals surface area contributed by atoms with Crippen LogP contribution in [0, 0.1) is 0 Å². The number of nitrogens with one attached hydrogen (secondary N) is 1. The van der Waals surface area contributed by atoms with E-state index in [1.807, 2.05) is 37.3 Å².